The normalized spacial score (nSPS) is 10.4. The van der Waals surface area contributed by atoms with Crippen molar-refractivity contribution < 1.29 is 9.59 Å². The van der Waals surface area contributed by atoms with E-state index in [1.807, 2.05) is 30.3 Å². The largest absolute Gasteiger partial charge is 0.370 e. The number of benzene rings is 2. The first-order chi connectivity index (χ1) is 13.0. The van der Waals surface area contributed by atoms with Gasteiger partial charge in [0.05, 0.1) is 22.5 Å². The van der Waals surface area contributed by atoms with Gasteiger partial charge in [0.1, 0.15) is 0 Å². The molecule has 0 unspecified atom stereocenters. The van der Waals surface area contributed by atoms with Crippen molar-refractivity contribution in [2.45, 2.75) is 13.3 Å². The van der Waals surface area contributed by atoms with Gasteiger partial charge < -0.3 is 16.8 Å². The molecule has 5 N–H and O–H groups in total. The van der Waals surface area contributed by atoms with Crippen LogP contribution in [0.15, 0.2) is 59.6 Å². The van der Waals surface area contributed by atoms with E-state index in [1.54, 1.807) is 31.2 Å². The fourth-order valence-electron chi connectivity index (χ4n) is 2.73. The third-order valence-corrected chi connectivity index (χ3v) is 3.96. The number of aliphatic imine (C=N–C) groups is 1. The lowest BCUT2D eigenvalue weighted by Gasteiger charge is -2.12. The van der Waals surface area contributed by atoms with E-state index >= 15 is 0 Å². The van der Waals surface area contributed by atoms with Gasteiger partial charge in [-0.3, -0.25) is 9.59 Å². The quantitative estimate of drug-likeness (QED) is 0.487. The van der Waals surface area contributed by atoms with Crippen molar-refractivity contribution in [2.75, 3.05) is 5.32 Å². The van der Waals surface area contributed by atoms with Gasteiger partial charge in [0.2, 0.25) is 5.91 Å². The Bertz CT molecular complexity index is 1040. The van der Waals surface area contributed by atoms with Crippen molar-refractivity contribution in [3.63, 3.8) is 0 Å². The number of guanidine groups is 1. The number of hydrogen-bond donors (Lipinski definition) is 3. The minimum Gasteiger partial charge on any atom is -0.370 e. The molecule has 3 aromatic rings. The molecule has 3 rings (SSSR count). The molecule has 0 radical (unpaired) electrons. The zero-order valence-electron chi connectivity index (χ0n) is 14.8. The third-order valence-electron chi connectivity index (χ3n) is 3.96. The van der Waals surface area contributed by atoms with Crippen LogP contribution in [-0.4, -0.2) is 22.8 Å². The fraction of sp³-hybridized carbons (Fsp3) is 0.100. The summed E-state index contributed by atoms with van der Waals surface area (Å²) in [5, 5.41) is 3.29. The second-order valence-electron chi connectivity index (χ2n) is 5.86. The van der Waals surface area contributed by atoms with E-state index in [9.17, 15) is 9.59 Å². The Morgan fingerprint density at radius 2 is 1.81 bits per heavy atom. The van der Waals surface area contributed by atoms with Crippen molar-refractivity contribution in [1.82, 2.24) is 4.98 Å². The molecule has 27 heavy (non-hydrogen) atoms. The lowest BCUT2D eigenvalue weighted by Crippen LogP contribution is -2.24. The number of aromatic nitrogens is 1. The Morgan fingerprint density at radius 3 is 2.48 bits per heavy atom. The van der Waals surface area contributed by atoms with Crippen LogP contribution in [0.3, 0.4) is 0 Å². The Hall–Kier alpha value is -3.74. The summed E-state index contributed by atoms with van der Waals surface area (Å²) in [6.45, 7) is 1.75. The van der Waals surface area contributed by atoms with Crippen LogP contribution in [-0.2, 0) is 4.79 Å². The number of nitrogens with zero attached hydrogens (tertiary/aromatic N) is 2. The summed E-state index contributed by atoms with van der Waals surface area (Å²) in [4.78, 5) is 32.9. The lowest BCUT2D eigenvalue weighted by molar-refractivity contribution is -0.115. The highest BCUT2D eigenvalue weighted by Gasteiger charge is 2.17. The molecular formula is C20H19N5O2. The molecule has 0 atom stereocenters. The summed E-state index contributed by atoms with van der Waals surface area (Å²) in [7, 11) is 0. The van der Waals surface area contributed by atoms with Crippen molar-refractivity contribution in [1.29, 1.82) is 0 Å². The number of fused-ring (bicyclic) bond motifs is 1. The highest BCUT2D eigenvalue weighted by Crippen LogP contribution is 2.30. The molecule has 0 bridgehead atoms. The number of carbonyl (C=O) groups is 2. The molecule has 7 heteroatoms. The molecule has 1 heterocycles. The molecule has 7 nitrogen and oxygen atoms in total. The van der Waals surface area contributed by atoms with Gasteiger partial charge in [0.15, 0.2) is 5.96 Å². The Morgan fingerprint density at radius 1 is 1.07 bits per heavy atom. The van der Waals surface area contributed by atoms with E-state index in [-0.39, 0.29) is 17.4 Å². The van der Waals surface area contributed by atoms with Gasteiger partial charge in [0, 0.05) is 17.4 Å². The topological polar surface area (TPSA) is 123 Å². The highest BCUT2D eigenvalue weighted by atomic mass is 16.2. The van der Waals surface area contributed by atoms with Crippen LogP contribution < -0.4 is 16.8 Å². The van der Waals surface area contributed by atoms with Gasteiger partial charge in [0.25, 0.3) is 5.91 Å². The number of carbonyl (C=O) groups excluding carboxylic acids is 2. The monoisotopic (exact) mass is 361 g/mol. The minimum atomic E-state index is -0.599. The molecule has 0 fully saturated rings. The smallest absolute Gasteiger partial charge is 0.281 e. The zero-order chi connectivity index (χ0) is 19.4. The Labute approximate surface area is 156 Å². The molecule has 0 aliphatic carbocycles. The number of anilines is 1. The molecule has 0 aliphatic heterocycles. The van der Waals surface area contributed by atoms with Crippen LogP contribution in [0.2, 0.25) is 0 Å². The average Bonchev–Trinajstić information content (AvgIpc) is 2.67. The van der Waals surface area contributed by atoms with Gasteiger partial charge in [-0.2, -0.15) is 4.99 Å². The highest BCUT2D eigenvalue weighted by molar-refractivity contribution is 6.15. The van der Waals surface area contributed by atoms with Crippen LogP contribution in [0.25, 0.3) is 22.2 Å². The van der Waals surface area contributed by atoms with Crippen LogP contribution >= 0.6 is 0 Å². The van der Waals surface area contributed by atoms with E-state index in [1.165, 1.54) is 0 Å². The number of rotatable bonds is 4. The Kier molecular flexibility index (Phi) is 5.12. The molecular weight excluding hydrogens is 342 g/mol. The Balaban J connectivity index is 2.28. The first-order valence-corrected chi connectivity index (χ1v) is 8.42. The summed E-state index contributed by atoms with van der Waals surface area (Å²) >= 11 is 0. The number of amides is 2. The molecule has 0 spiro atoms. The van der Waals surface area contributed by atoms with Gasteiger partial charge >= 0.3 is 0 Å². The van der Waals surface area contributed by atoms with E-state index in [2.05, 4.69) is 15.3 Å². The predicted molar refractivity (Wildman–Crippen MR) is 106 cm³/mol. The van der Waals surface area contributed by atoms with E-state index in [0.717, 1.165) is 5.56 Å². The number of nitrogens with two attached hydrogens (primary N) is 2. The van der Waals surface area contributed by atoms with Crippen molar-refractivity contribution in [2.24, 2.45) is 16.5 Å². The number of nitrogens with one attached hydrogen (secondary N) is 1. The second-order valence-corrected chi connectivity index (χ2v) is 5.86. The molecule has 1 aromatic heterocycles. The summed E-state index contributed by atoms with van der Waals surface area (Å²) in [6.07, 6.45) is 0.309. The van der Waals surface area contributed by atoms with Crippen molar-refractivity contribution in [3.05, 3.63) is 60.2 Å². The summed E-state index contributed by atoms with van der Waals surface area (Å²) in [6, 6.07) is 16.3. The number of pyridine rings is 1. The van der Waals surface area contributed by atoms with E-state index in [0.29, 0.717) is 28.7 Å². The van der Waals surface area contributed by atoms with Gasteiger partial charge in [-0.1, -0.05) is 43.3 Å². The van der Waals surface area contributed by atoms with Crippen molar-refractivity contribution in [3.8, 4) is 11.3 Å². The lowest BCUT2D eigenvalue weighted by atomic mass is 10.0. The predicted octanol–water partition coefficient (Wildman–Crippen LogP) is 2.66. The minimum absolute atomic E-state index is 0.171. The maximum absolute atomic E-state index is 12.7. The second kappa shape index (κ2) is 7.65. The molecule has 0 saturated carbocycles. The molecule has 0 saturated heterocycles. The first kappa shape index (κ1) is 18.1. The average molecular weight is 361 g/mol. The first-order valence-electron chi connectivity index (χ1n) is 8.42. The maximum atomic E-state index is 12.7. The number of hydrogen-bond acceptors (Lipinski definition) is 3. The summed E-state index contributed by atoms with van der Waals surface area (Å²) in [5.74, 6) is -1.10. The van der Waals surface area contributed by atoms with E-state index in [4.69, 9.17) is 11.5 Å². The van der Waals surface area contributed by atoms with Crippen LogP contribution in [0.4, 0.5) is 5.69 Å². The van der Waals surface area contributed by atoms with Crippen molar-refractivity contribution >= 4 is 34.4 Å². The molecule has 2 aromatic carbocycles. The molecule has 2 amide bonds. The van der Waals surface area contributed by atoms with Crippen LogP contribution in [0.1, 0.15) is 23.7 Å². The summed E-state index contributed by atoms with van der Waals surface area (Å²) in [5.41, 5.74) is 13.5. The van der Waals surface area contributed by atoms with Crippen LogP contribution in [0.5, 0.6) is 0 Å². The summed E-state index contributed by atoms with van der Waals surface area (Å²) < 4.78 is 0. The fourth-order valence-corrected chi connectivity index (χ4v) is 2.73. The molecule has 0 aliphatic rings. The third kappa shape index (κ3) is 3.92. The van der Waals surface area contributed by atoms with Crippen LogP contribution in [0, 0.1) is 0 Å². The standard InChI is InChI=1S/C20H19N5O2/c1-2-17(26)24-15-10-6-9-14-18(15)13(19(27)25-20(21)22)11-16(23-14)12-7-4-3-5-8-12/h3-11H,2H2,1H3,(H,24,26)(H4,21,22,25,27). The molecule has 136 valence electrons. The van der Waals surface area contributed by atoms with Gasteiger partial charge in [-0.25, -0.2) is 4.98 Å². The maximum Gasteiger partial charge on any atom is 0.281 e. The van der Waals surface area contributed by atoms with E-state index < -0.39 is 5.91 Å². The zero-order valence-corrected chi connectivity index (χ0v) is 14.8. The SMILES string of the molecule is CCC(=O)Nc1cccc2nc(-c3ccccc3)cc(C(=O)N=C(N)N)c12. The van der Waals surface area contributed by atoms with Gasteiger partial charge in [-0.15, -0.1) is 0 Å². The van der Waals surface area contributed by atoms with Gasteiger partial charge in [-0.05, 0) is 18.2 Å².